The molecule has 0 amide bonds. The molecule has 0 fully saturated rings. The molecule has 2 rings (SSSR count). The second kappa shape index (κ2) is 4.99. The SMILES string of the molecule is CCCC(C)Nc1ncnc2ccc(N)cc12. The molecule has 90 valence electrons. The molecule has 4 heteroatoms. The molecule has 3 N–H and O–H groups in total. The number of nitrogens with one attached hydrogen (secondary N) is 1. The fraction of sp³-hybridized carbons (Fsp3) is 0.385. The van der Waals surface area contributed by atoms with Crippen molar-refractivity contribution in [3.05, 3.63) is 24.5 Å². The van der Waals surface area contributed by atoms with Crippen LogP contribution in [0.5, 0.6) is 0 Å². The van der Waals surface area contributed by atoms with Crippen LogP contribution in [0.1, 0.15) is 26.7 Å². The van der Waals surface area contributed by atoms with Crippen LogP contribution in [0.3, 0.4) is 0 Å². The van der Waals surface area contributed by atoms with Gasteiger partial charge in [0.15, 0.2) is 0 Å². The number of benzene rings is 1. The molecule has 0 saturated carbocycles. The van der Waals surface area contributed by atoms with Crippen LogP contribution in [0.25, 0.3) is 10.9 Å². The number of rotatable bonds is 4. The molecule has 4 nitrogen and oxygen atoms in total. The molecular formula is C13H18N4. The minimum Gasteiger partial charge on any atom is -0.399 e. The second-order valence-electron chi connectivity index (χ2n) is 4.33. The Bertz CT molecular complexity index is 510. The average molecular weight is 230 g/mol. The van der Waals surface area contributed by atoms with Gasteiger partial charge in [-0.15, -0.1) is 0 Å². The summed E-state index contributed by atoms with van der Waals surface area (Å²) < 4.78 is 0. The molecule has 1 atom stereocenters. The Morgan fingerprint density at radius 1 is 1.35 bits per heavy atom. The van der Waals surface area contributed by atoms with Gasteiger partial charge < -0.3 is 11.1 Å². The van der Waals surface area contributed by atoms with E-state index in [9.17, 15) is 0 Å². The van der Waals surface area contributed by atoms with Crippen LogP contribution in [-0.4, -0.2) is 16.0 Å². The van der Waals surface area contributed by atoms with E-state index in [0.717, 1.165) is 35.2 Å². The predicted molar refractivity (Wildman–Crippen MR) is 71.9 cm³/mol. The highest BCUT2D eigenvalue weighted by molar-refractivity contribution is 5.91. The van der Waals surface area contributed by atoms with Crippen LogP contribution < -0.4 is 11.1 Å². The summed E-state index contributed by atoms with van der Waals surface area (Å²) in [7, 11) is 0. The van der Waals surface area contributed by atoms with Gasteiger partial charge >= 0.3 is 0 Å². The molecule has 0 spiro atoms. The van der Waals surface area contributed by atoms with E-state index in [-0.39, 0.29) is 0 Å². The van der Waals surface area contributed by atoms with E-state index < -0.39 is 0 Å². The zero-order valence-corrected chi connectivity index (χ0v) is 10.3. The summed E-state index contributed by atoms with van der Waals surface area (Å²) in [6.07, 6.45) is 3.85. The fourth-order valence-corrected chi connectivity index (χ4v) is 1.93. The molecule has 0 bridgehead atoms. The van der Waals surface area contributed by atoms with Crippen molar-refractivity contribution >= 4 is 22.4 Å². The Hall–Kier alpha value is -1.84. The third-order valence-electron chi connectivity index (χ3n) is 2.76. The van der Waals surface area contributed by atoms with Crippen molar-refractivity contribution in [3.63, 3.8) is 0 Å². The van der Waals surface area contributed by atoms with Crippen molar-refractivity contribution in [2.75, 3.05) is 11.1 Å². The minimum atomic E-state index is 0.402. The first-order valence-corrected chi connectivity index (χ1v) is 5.97. The first-order valence-electron chi connectivity index (χ1n) is 5.97. The van der Waals surface area contributed by atoms with Crippen LogP contribution >= 0.6 is 0 Å². The third kappa shape index (κ3) is 2.64. The quantitative estimate of drug-likeness (QED) is 0.793. The number of anilines is 2. The third-order valence-corrected chi connectivity index (χ3v) is 2.76. The van der Waals surface area contributed by atoms with Crippen molar-refractivity contribution < 1.29 is 0 Å². The number of fused-ring (bicyclic) bond motifs is 1. The van der Waals surface area contributed by atoms with E-state index in [1.165, 1.54) is 0 Å². The summed E-state index contributed by atoms with van der Waals surface area (Å²) in [6.45, 7) is 4.33. The van der Waals surface area contributed by atoms with Gasteiger partial charge in [0.05, 0.1) is 5.52 Å². The molecule has 1 heterocycles. The number of nitrogen functional groups attached to an aromatic ring is 1. The first kappa shape index (κ1) is 11.6. The average Bonchev–Trinajstić information content (AvgIpc) is 2.30. The number of hydrogen-bond acceptors (Lipinski definition) is 4. The topological polar surface area (TPSA) is 63.8 Å². The number of nitrogens with two attached hydrogens (primary N) is 1. The van der Waals surface area contributed by atoms with Crippen LogP contribution in [0, 0.1) is 0 Å². The largest absolute Gasteiger partial charge is 0.399 e. The predicted octanol–water partition coefficient (Wildman–Crippen LogP) is 2.81. The van der Waals surface area contributed by atoms with Crippen LogP contribution in [-0.2, 0) is 0 Å². The van der Waals surface area contributed by atoms with E-state index in [0.29, 0.717) is 6.04 Å². The number of nitrogens with zero attached hydrogens (tertiary/aromatic N) is 2. The summed E-state index contributed by atoms with van der Waals surface area (Å²) in [5.74, 6) is 0.864. The highest BCUT2D eigenvalue weighted by Gasteiger charge is 2.06. The van der Waals surface area contributed by atoms with Gasteiger partial charge in [0.1, 0.15) is 12.1 Å². The van der Waals surface area contributed by atoms with Crippen molar-refractivity contribution in [1.29, 1.82) is 0 Å². The smallest absolute Gasteiger partial charge is 0.137 e. The van der Waals surface area contributed by atoms with Gasteiger partial charge in [0, 0.05) is 17.1 Å². The molecule has 0 aliphatic rings. The molecular weight excluding hydrogens is 212 g/mol. The van der Waals surface area contributed by atoms with Crippen molar-refractivity contribution in [3.8, 4) is 0 Å². The molecule has 0 aliphatic carbocycles. The number of aromatic nitrogens is 2. The van der Waals surface area contributed by atoms with Crippen LogP contribution in [0.15, 0.2) is 24.5 Å². The van der Waals surface area contributed by atoms with E-state index in [4.69, 9.17) is 5.73 Å². The van der Waals surface area contributed by atoms with Crippen LogP contribution in [0.4, 0.5) is 11.5 Å². The summed E-state index contributed by atoms with van der Waals surface area (Å²) in [6, 6.07) is 6.09. The zero-order chi connectivity index (χ0) is 12.3. The number of hydrogen-bond donors (Lipinski definition) is 2. The first-order chi connectivity index (χ1) is 8.20. The van der Waals surface area contributed by atoms with Crippen molar-refractivity contribution in [2.24, 2.45) is 0 Å². The minimum absolute atomic E-state index is 0.402. The lowest BCUT2D eigenvalue weighted by atomic mass is 10.1. The lowest BCUT2D eigenvalue weighted by Crippen LogP contribution is -2.15. The van der Waals surface area contributed by atoms with Crippen molar-refractivity contribution in [1.82, 2.24) is 9.97 Å². The molecule has 2 aromatic rings. The van der Waals surface area contributed by atoms with E-state index in [1.54, 1.807) is 6.33 Å². The van der Waals surface area contributed by atoms with Gasteiger partial charge in [0.25, 0.3) is 0 Å². The van der Waals surface area contributed by atoms with Gasteiger partial charge in [0.2, 0.25) is 0 Å². The van der Waals surface area contributed by atoms with E-state index in [2.05, 4.69) is 29.1 Å². The van der Waals surface area contributed by atoms with Crippen LogP contribution in [0.2, 0.25) is 0 Å². The van der Waals surface area contributed by atoms with Gasteiger partial charge in [-0.05, 0) is 31.5 Å². The normalized spacial score (nSPS) is 12.6. The maximum Gasteiger partial charge on any atom is 0.137 e. The van der Waals surface area contributed by atoms with Gasteiger partial charge in [-0.1, -0.05) is 13.3 Å². The second-order valence-corrected chi connectivity index (χ2v) is 4.33. The summed E-state index contributed by atoms with van der Waals surface area (Å²) >= 11 is 0. The monoisotopic (exact) mass is 230 g/mol. The van der Waals surface area contributed by atoms with E-state index in [1.807, 2.05) is 18.2 Å². The fourth-order valence-electron chi connectivity index (χ4n) is 1.93. The molecule has 0 saturated heterocycles. The molecule has 1 unspecified atom stereocenters. The van der Waals surface area contributed by atoms with Gasteiger partial charge in [-0.25, -0.2) is 9.97 Å². The van der Waals surface area contributed by atoms with Gasteiger partial charge in [-0.2, -0.15) is 0 Å². The molecule has 0 aliphatic heterocycles. The summed E-state index contributed by atoms with van der Waals surface area (Å²) in [4.78, 5) is 8.52. The Balaban J connectivity index is 2.36. The molecule has 1 aromatic heterocycles. The maximum absolute atomic E-state index is 5.80. The Labute approximate surface area is 101 Å². The molecule has 0 radical (unpaired) electrons. The maximum atomic E-state index is 5.80. The highest BCUT2D eigenvalue weighted by atomic mass is 15.0. The van der Waals surface area contributed by atoms with Gasteiger partial charge in [-0.3, -0.25) is 0 Å². The Morgan fingerprint density at radius 2 is 2.18 bits per heavy atom. The lowest BCUT2D eigenvalue weighted by molar-refractivity contribution is 0.688. The Morgan fingerprint density at radius 3 is 2.94 bits per heavy atom. The molecule has 17 heavy (non-hydrogen) atoms. The highest BCUT2D eigenvalue weighted by Crippen LogP contribution is 2.22. The summed E-state index contributed by atoms with van der Waals surface area (Å²) in [5, 5.41) is 4.39. The van der Waals surface area contributed by atoms with Crippen molar-refractivity contribution in [2.45, 2.75) is 32.7 Å². The molecule has 1 aromatic carbocycles. The zero-order valence-electron chi connectivity index (χ0n) is 10.3. The van der Waals surface area contributed by atoms with E-state index >= 15 is 0 Å². The summed E-state index contributed by atoms with van der Waals surface area (Å²) in [5.41, 5.74) is 7.45. The standard InChI is InChI=1S/C13H18N4/c1-3-4-9(2)17-13-11-7-10(14)5-6-12(11)15-8-16-13/h5-9H,3-4,14H2,1-2H3,(H,15,16,17). The Kier molecular flexibility index (Phi) is 3.42. The lowest BCUT2D eigenvalue weighted by Gasteiger charge is -2.14.